The number of hydrogen-bond donors (Lipinski definition) is 2. The van der Waals surface area contributed by atoms with Crippen molar-refractivity contribution in [2.75, 3.05) is 26.2 Å². The third-order valence-corrected chi connectivity index (χ3v) is 9.23. The van der Waals surface area contributed by atoms with Crippen molar-refractivity contribution in [2.24, 2.45) is 18.9 Å². The number of β-amino-alcohol motifs (C(OH)–C–C–N with tert-alkyl or cyclic N) is 1. The summed E-state index contributed by atoms with van der Waals surface area (Å²) in [6, 6.07) is 10.3. The summed E-state index contributed by atoms with van der Waals surface area (Å²) >= 11 is 0. The van der Waals surface area contributed by atoms with Gasteiger partial charge in [-0.15, -0.1) is 0 Å². The van der Waals surface area contributed by atoms with Gasteiger partial charge in [0.25, 0.3) is 5.88 Å². The largest absolute Gasteiger partial charge is 0.475 e. The second kappa shape index (κ2) is 15.0. The van der Waals surface area contributed by atoms with E-state index in [2.05, 4.69) is 15.6 Å². The van der Waals surface area contributed by atoms with Crippen LogP contribution in [0.2, 0.25) is 0 Å². The quantitative estimate of drug-likeness (QED) is 0.311. The number of piperidine rings is 1. The molecule has 1 aromatic carbocycles. The van der Waals surface area contributed by atoms with Crippen molar-refractivity contribution in [3.05, 3.63) is 53.9 Å². The van der Waals surface area contributed by atoms with Crippen LogP contribution in [0.1, 0.15) is 84.1 Å². The minimum absolute atomic E-state index is 0.0490. The lowest BCUT2D eigenvalue weighted by atomic mass is 9.91. The average Bonchev–Trinajstić information content (AvgIpc) is 3.79. The highest BCUT2D eigenvalue weighted by atomic mass is 16.6. The maximum absolute atomic E-state index is 14.0. The zero-order valence-corrected chi connectivity index (χ0v) is 29.6. The van der Waals surface area contributed by atoms with Gasteiger partial charge in [0.2, 0.25) is 11.8 Å². The van der Waals surface area contributed by atoms with Gasteiger partial charge in [-0.25, -0.2) is 4.79 Å². The predicted octanol–water partition coefficient (Wildman–Crippen LogP) is 4.68. The first kappa shape index (κ1) is 35.9. The highest BCUT2D eigenvalue weighted by Gasteiger charge is 2.43. The summed E-state index contributed by atoms with van der Waals surface area (Å²) in [5, 5.41) is 21.9. The van der Waals surface area contributed by atoms with Crippen LogP contribution in [0.3, 0.4) is 0 Å². The van der Waals surface area contributed by atoms with Crippen LogP contribution in [0.4, 0.5) is 4.79 Å². The molecule has 3 aromatic rings. The second-order valence-electron chi connectivity index (χ2n) is 14.6. The Labute approximate surface area is 287 Å². The summed E-state index contributed by atoms with van der Waals surface area (Å²) in [5.74, 6) is -0.678. The molecule has 2 aliphatic rings. The van der Waals surface area contributed by atoms with E-state index >= 15 is 0 Å². The van der Waals surface area contributed by atoms with Crippen molar-refractivity contribution in [2.45, 2.75) is 90.5 Å². The fraction of sp³-hybridized carbons (Fsp3) is 0.583. The zero-order valence-electron chi connectivity index (χ0n) is 29.6. The van der Waals surface area contributed by atoms with Crippen LogP contribution >= 0.6 is 0 Å². The van der Waals surface area contributed by atoms with Gasteiger partial charge in [0.15, 0.2) is 5.76 Å². The van der Waals surface area contributed by atoms with Crippen molar-refractivity contribution in [1.29, 1.82) is 0 Å². The van der Waals surface area contributed by atoms with E-state index in [0.717, 1.165) is 29.7 Å². The lowest BCUT2D eigenvalue weighted by Crippen LogP contribution is -2.48. The van der Waals surface area contributed by atoms with Gasteiger partial charge in [0, 0.05) is 45.4 Å². The minimum Gasteiger partial charge on any atom is -0.475 e. The smallest absolute Gasteiger partial charge is 0.410 e. The van der Waals surface area contributed by atoms with E-state index < -0.39 is 23.7 Å². The summed E-state index contributed by atoms with van der Waals surface area (Å²) in [7, 11) is 1.89. The Morgan fingerprint density at radius 1 is 1.08 bits per heavy atom. The van der Waals surface area contributed by atoms with Crippen LogP contribution < -0.4 is 10.1 Å². The molecule has 2 saturated heterocycles. The van der Waals surface area contributed by atoms with E-state index in [4.69, 9.17) is 14.0 Å². The number of nitrogens with zero attached hydrogens (tertiary/aromatic N) is 5. The second-order valence-corrected chi connectivity index (χ2v) is 14.6. The Kier molecular flexibility index (Phi) is 11.0. The molecule has 2 N–H and O–H groups in total. The Balaban J connectivity index is 1.17. The number of likely N-dealkylation sites (tertiary alicyclic amines) is 2. The molecule has 49 heavy (non-hydrogen) atoms. The maximum atomic E-state index is 14.0. The molecule has 4 atom stereocenters. The molecule has 2 fully saturated rings. The number of hydrogen-bond acceptors (Lipinski definition) is 9. The molecule has 2 aliphatic heterocycles. The van der Waals surface area contributed by atoms with Gasteiger partial charge in [-0.05, 0) is 74.7 Å². The van der Waals surface area contributed by atoms with E-state index in [1.165, 1.54) is 4.90 Å². The van der Waals surface area contributed by atoms with Crippen LogP contribution in [-0.4, -0.2) is 91.7 Å². The first-order valence-corrected chi connectivity index (χ1v) is 17.1. The normalized spacial score (nSPS) is 19.9. The molecule has 2 aromatic heterocycles. The molecule has 0 radical (unpaired) electrons. The molecular formula is C36H50N6O7. The summed E-state index contributed by atoms with van der Waals surface area (Å²) < 4.78 is 18.9. The van der Waals surface area contributed by atoms with Gasteiger partial charge in [-0.2, -0.15) is 5.10 Å². The Morgan fingerprint density at radius 3 is 2.39 bits per heavy atom. The van der Waals surface area contributed by atoms with Gasteiger partial charge in [0.1, 0.15) is 17.6 Å². The van der Waals surface area contributed by atoms with Crippen LogP contribution in [0.5, 0.6) is 5.88 Å². The third kappa shape index (κ3) is 8.80. The number of carbonyl (C=O) groups is 3. The van der Waals surface area contributed by atoms with E-state index in [1.807, 2.05) is 78.9 Å². The van der Waals surface area contributed by atoms with Gasteiger partial charge in [-0.1, -0.05) is 38.1 Å². The summed E-state index contributed by atoms with van der Waals surface area (Å²) in [6.07, 6.45) is 2.31. The molecule has 3 amide bonds. The lowest BCUT2D eigenvalue weighted by Gasteiger charge is -2.33. The van der Waals surface area contributed by atoms with E-state index in [9.17, 15) is 19.5 Å². The van der Waals surface area contributed by atoms with Crippen molar-refractivity contribution in [3.63, 3.8) is 0 Å². The monoisotopic (exact) mass is 678 g/mol. The number of rotatable bonds is 10. The zero-order chi connectivity index (χ0) is 35.5. The highest BCUT2D eigenvalue weighted by molar-refractivity contribution is 5.91. The molecule has 0 aliphatic carbocycles. The number of aromatic nitrogens is 3. The van der Waals surface area contributed by atoms with E-state index in [1.54, 1.807) is 21.8 Å². The van der Waals surface area contributed by atoms with Crippen LogP contribution in [0.15, 0.2) is 47.1 Å². The van der Waals surface area contributed by atoms with Crippen molar-refractivity contribution >= 4 is 17.9 Å². The molecule has 0 bridgehead atoms. The van der Waals surface area contributed by atoms with Gasteiger partial charge < -0.3 is 34.2 Å². The number of aliphatic hydroxyl groups excluding tert-OH is 1. The number of carbonyl (C=O) groups excluding carboxylic acids is 3. The molecule has 13 heteroatoms. The number of nitrogens with one attached hydrogen (secondary N) is 1. The highest BCUT2D eigenvalue weighted by Crippen LogP contribution is 2.33. The fourth-order valence-electron chi connectivity index (χ4n) is 6.51. The van der Waals surface area contributed by atoms with E-state index in [-0.39, 0.29) is 54.6 Å². The third-order valence-electron chi connectivity index (χ3n) is 9.23. The Bertz CT molecular complexity index is 1590. The van der Waals surface area contributed by atoms with Crippen LogP contribution in [-0.2, 0) is 21.4 Å². The standard InChI is InChI=1S/C36H50N6O7/c1-22(2)32(30-19-31(39-49-30)47-21-24-13-16-41(17-14-24)35(46)48-36(4,5)6)34(45)42-20-27(43)18-29(42)33(44)38-23(3)25-8-10-26(11-9-25)28-12-15-37-40(28)7/h8-12,15,19,22-24,27,29,32,43H,13-14,16-18,20-21H2,1-7H3,(H,38,44)/t23-,27+,29-,32+/m0/s1. The van der Waals surface area contributed by atoms with Crippen molar-refractivity contribution < 1.29 is 33.5 Å². The van der Waals surface area contributed by atoms with Crippen molar-refractivity contribution in [1.82, 2.24) is 30.1 Å². The molecular weight excluding hydrogens is 628 g/mol. The van der Waals surface area contributed by atoms with Crippen LogP contribution in [0, 0.1) is 11.8 Å². The molecule has 13 nitrogen and oxygen atoms in total. The Hall–Kier alpha value is -4.39. The number of benzene rings is 1. The summed E-state index contributed by atoms with van der Waals surface area (Å²) in [5.41, 5.74) is 2.38. The summed E-state index contributed by atoms with van der Waals surface area (Å²) in [6.45, 7) is 12.9. The first-order chi connectivity index (χ1) is 23.2. The molecule has 5 rings (SSSR count). The molecule has 4 heterocycles. The minimum atomic E-state index is -0.829. The molecule has 0 spiro atoms. The maximum Gasteiger partial charge on any atom is 0.410 e. The number of amides is 3. The van der Waals surface area contributed by atoms with Gasteiger partial charge in [0.05, 0.1) is 24.4 Å². The number of aliphatic hydroxyl groups is 1. The molecule has 266 valence electrons. The van der Waals surface area contributed by atoms with Crippen LogP contribution in [0.25, 0.3) is 11.3 Å². The summed E-state index contributed by atoms with van der Waals surface area (Å²) in [4.78, 5) is 43.2. The number of aryl methyl sites for hydroxylation is 1. The van der Waals surface area contributed by atoms with Gasteiger partial charge >= 0.3 is 6.09 Å². The van der Waals surface area contributed by atoms with Gasteiger partial charge in [-0.3, -0.25) is 14.3 Å². The van der Waals surface area contributed by atoms with Crippen molar-refractivity contribution in [3.8, 4) is 17.1 Å². The van der Waals surface area contributed by atoms with E-state index in [0.29, 0.717) is 25.5 Å². The fourth-order valence-corrected chi connectivity index (χ4v) is 6.51. The predicted molar refractivity (Wildman–Crippen MR) is 181 cm³/mol. The average molecular weight is 679 g/mol. The molecule has 0 unspecified atom stereocenters. The topological polar surface area (TPSA) is 152 Å². The first-order valence-electron chi connectivity index (χ1n) is 17.1. The lowest BCUT2D eigenvalue weighted by molar-refractivity contribution is -0.141. The number of ether oxygens (including phenoxy) is 2. The SMILES string of the molecule is CC(C)[C@@H](C(=O)N1C[C@H](O)C[C@H]1C(=O)N[C@@H](C)c1ccc(-c2ccnn2C)cc1)c1cc(OCC2CCN(C(=O)OC(C)(C)C)CC2)no1. The Morgan fingerprint density at radius 2 is 1.78 bits per heavy atom. The molecule has 0 saturated carbocycles.